The SMILES string of the molecule is c1ccc(-c2ccc(-c3cc4ccccc4c4ccccc34)cc2N(c2ccc3c(c2)C(c2ccccc2)(c2ccccc2)c2ccccc2-3)c2ccccc2-c2cccc3c2oc2ccccc23)cc1. The predicted molar refractivity (Wildman–Crippen MR) is 297 cm³/mol. The maximum absolute atomic E-state index is 6.83. The van der Waals surface area contributed by atoms with Gasteiger partial charge in [0.25, 0.3) is 0 Å². The summed E-state index contributed by atoms with van der Waals surface area (Å²) in [7, 11) is 0. The molecule has 1 aliphatic carbocycles. The van der Waals surface area contributed by atoms with Gasteiger partial charge in [0.05, 0.1) is 16.8 Å². The third-order valence-electron chi connectivity index (χ3n) is 14.9. The van der Waals surface area contributed by atoms with E-state index in [1.165, 1.54) is 60.5 Å². The Kier molecular flexibility index (Phi) is 9.47. The Hall–Kier alpha value is -9.24. The van der Waals surface area contributed by atoms with Crippen molar-refractivity contribution in [1.82, 2.24) is 0 Å². The topological polar surface area (TPSA) is 16.4 Å². The predicted octanol–water partition coefficient (Wildman–Crippen LogP) is 18.7. The van der Waals surface area contributed by atoms with Gasteiger partial charge >= 0.3 is 0 Å². The molecule has 0 radical (unpaired) electrons. The van der Waals surface area contributed by atoms with Gasteiger partial charge in [0, 0.05) is 33.2 Å². The first kappa shape index (κ1) is 40.8. The van der Waals surface area contributed by atoms with E-state index in [1.807, 2.05) is 6.07 Å². The quantitative estimate of drug-likeness (QED) is 0.141. The van der Waals surface area contributed by atoms with E-state index in [4.69, 9.17) is 4.42 Å². The molecule has 0 atom stereocenters. The molecule has 0 saturated heterocycles. The Bertz CT molecular complexity index is 4130. The van der Waals surface area contributed by atoms with Crippen molar-refractivity contribution in [3.05, 3.63) is 295 Å². The molecule has 14 rings (SSSR count). The van der Waals surface area contributed by atoms with Crippen LogP contribution in [0.4, 0.5) is 17.1 Å². The highest BCUT2D eigenvalue weighted by atomic mass is 16.3. The summed E-state index contributed by atoms with van der Waals surface area (Å²) in [4.78, 5) is 2.52. The highest BCUT2D eigenvalue weighted by Gasteiger charge is 2.46. The Morgan fingerprint density at radius 1 is 0.296 bits per heavy atom. The number of furan rings is 1. The molecule has 0 spiro atoms. The van der Waals surface area contributed by atoms with Gasteiger partial charge in [-0.3, -0.25) is 0 Å². The van der Waals surface area contributed by atoms with Gasteiger partial charge in [-0.1, -0.05) is 237 Å². The molecule has 0 bridgehead atoms. The highest BCUT2D eigenvalue weighted by Crippen LogP contribution is 2.58. The summed E-state index contributed by atoms with van der Waals surface area (Å²) in [6, 6.07) is 100. The highest BCUT2D eigenvalue weighted by molar-refractivity contribution is 6.15. The van der Waals surface area contributed by atoms with Gasteiger partial charge in [0.15, 0.2) is 0 Å². The first-order valence-electron chi connectivity index (χ1n) is 24.5. The number of anilines is 3. The van der Waals surface area contributed by atoms with E-state index in [-0.39, 0.29) is 0 Å². The number of nitrogens with zero attached hydrogens (tertiary/aromatic N) is 1. The fourth-order valence-corrected chi connectivity index (χ4v) is 11.9. The molecule has 2 heteroatoms. The number of rotatable bonds is 8. The number of para-hydroxylation sites is 3. The summed E-state index contributed by atoms with van der Waals surface area (Å²) in [5.41, 5.74) is 18.5. The van der Waals surface area contributed by atoms with Gasteiger partial charge in [-0.2, -0.15) is 0 Å². The molecule has 332 valence electrons. The molecule has 0 unspecified atom stereocenters. The van der Waals surface area contributed by atoms with Crippen LogP contribution in [-0.2, 0) is 5.41 Å². The molecular formula is C69H45NO. The lowest BCUT2D eigenvalue weighted by atomic mass is 9.67. The average Bonchev–Trinajstić information content (AvgIpc) is 3.98. The van der Waals surface area contributed by atoms with E-state index >= 15 is 0 Å². The second-order valence-electron chi connectivity index (χ2n) is 18.7. The number of benzene rings is 12. The Morgan fingerprint density at radius 2 is 0.873 bits per heavy atom. The standard InChI is InChI=1S/C69H45NO/c1-4-21-46(22-5-1)53-41-39-48(62-43-47-23-10-11-28-52(47)54-29-12-13-30-55(54)62)44-66(53)70(65-37-18-15-32-58(65)60-34-20-35-61-59-33-16-19-38-67(59)71-68(60)61)51-40-42-57-56-31-14-17-36-63(56)69(64(57)45-51,49-24-6-2-7-25-49)50-26-8-3-9-27-50/h1-45H. The molecule has 0 aliphatic heterocycles. The van der Waals surface area contributed by atoms with E-state index in [0.717, 1.165) is 66.8 Å². The van der Waals surface area contributed by atoms with Crippen LogP contribution in [-0.4, -0.2) is 0 Å². The first-order chi connectivity index (χ1) is 35.2. The molecule has 1 heterocycles. The lowest BCUT2D eigenvalue weighted by Gasteiger charge is -2.35. The molecule has 0 amide bonds. The van der Waals surface area contributed by atoms with Crippen LogP contribution in [0.3, 0.4) is 0 Å². The van der Waals surface area contributed by atoms with Crippen molar-refractivity contribution in [2.24, 2.45) is 0 Å². The Labute approximate surface area is 413 Å². The summed E-state index contributed by atoms with van der Waals surface area (Å²) in [6.07, 6.45) is 0. The number of hydrogen-bond acceptors (Lipinski definition) is 2. The van der Waals surface area contributed by atoms with Gasteiger partial charge in [-0.15, -0.1) is 0 Å². The van der Waals surface area contributed by atoms with Gasteiger partial charge in [0.2, 0.25) is 0 Å². The van der Waals surface area contributed by atoms with Gasteiger partial charge in [0.1, 0.15) is 11.2 Å². The summed E-state index contributed by atoms with van der Waals surface area (Å²) in [6.45, 7) is 0. The zero-order chi connectivity index (χ0) is 46.9. The maximum Gasteiger partial charge on any atom is 0.143 e. The van der Waals surface area contributed by atoms with Crippen molar-refractivity contribution in [2.75, 3.05) is 4.90 Å². The normalized spacial score (nSPS) is 12.6. The van der Waals surface area contributed by atoms with Crippen LogP contribution in [0.1, 0.15) is 22.3 Å². The molecule has 0 fully saturated rings. The lowest BCUT2D eigenvalue weighted by molar-refractivity contribution is 0.670. The monoisotopic (exact) mass is 903 g/mol. The fraction of sp³-hybridized carbons (Fsp3) is 0.0145. The molecule has 13 aromatic rings. The van der Waals surface area contributed by atoms with Crippen LogP contribution in [0.2, 0.25) is 0 Å². The maximum atomic E-state index is 6.83. The second kappa shape index (κ2) is 16.5. The van der Waals surface area contributed by atoms with Crippen LogP contribution in [0.25, 0.3) is 88.0 Å². The van der Waals surface area contributed by atoms with E-state index < -0.39 is 5.41 Å². The Morgan fingerprint density at radius 3 is 1.66 bits per heavy atom. The van der Waals surface area contributed by atoms with E-state index in [2.05, 4.69) is 272 Å². The zero-order valence-electron chi connectivity index (χ0n) is 38.8. The summed E-state index contributed by atoms with van der Waals surface area (Å²) in [5.74, 6) is 0. The first-order valence-corrected chi connectivity index (χ1v) is 24.5. The summed E-state index contributed by atoms with van der Waals surface area (Å²) in [5, 5.41) is 7.14. The summed E-state index contributed by atoms with van der Waals surface area (Å²) >= 11 is 0. The number of fused-ring (bicyclic) bond motifs is 9. The molecule has 12 aromatic carbocycles. The van der Waals surface area contributed by atoms with Gasteiger partial charge in [-0.05, 0) is 108 Å². The molecule has 2 nitrogen and oxygen atoms in total. The van der Waals surface area contributed by atoms with Crippen molar-refractivity contribution in [3.63, 3.8) is 0 Å². The van der Waals surface area contributed by atoms with Gasteiger partial charge in [-0.25, -0.2) is 0 Å². The van der Waals surface area contributed by atoms with Crippen molar-refractivity contribution in [3.8, 4) is 44.5 Å². The van der Waals surface area contributed by atoms with Crippen molar-refractivity contribution >= 4 is 60.5 Å². The van der Waals surface area contributed by atoms with Crippen LogP contribution >= 0.6 is 0 Å². The average molecular weight is 904 g/mol. The number of hydrogen-bond donors (Lipinski definition) is 0. The van der Waals surface area contributed by atoms with Crippen LogP contribution in [0.15, 0.2) is 277 Å². The fourth-order valence-electron chi connectivity index (χ4n) is 11.9. The molecule has 71 heavy (non-hydrogen) atoms. The minimum absolute atomic E-state index is 0.594. The van der Waals surface area contributed by atoms with E-state index in [0.29, 0.717) is 0 Å². The molecule has 0 N–H and O–H groups in total. The third kappa shape index (κ3) is 6.35. The van der Waals surface area contributed by atoms with Crippen LogP contribution in [0, 0.1) is 0 Å². The molecule has 1 aromatic heterocycles. The third-order valence-corrected chi connectivity index (χ3v) is 14.9. The molecule has 0 saturated carbocycles. The molecular weight excluding hydrogens is 859 g/mol. The second-order valence-corrected chi connectivity index (χ2v) is 18.7. The van der Waals surface area contributed by atoms with Crippen molar-refractivity contribution in [2.45, 2.75) is 5.41 Å². The van der Waals surface area contributed by atoms with Crippen molar-refractivity contribution in [1.29, 1.82) is 0 Å². The van der Waals surface area contributed by atoms with Gasteiger partial charge < -0.3 is 9.32 Å². The largest absolute Gasteiger partial charge is 0.455 e. The summed E-state index contributed by atoms with van der Waals surface area (Å²) < 4.78 is 6.83. The smallest absolute Gasteiger partial charge is 0.143 e. The lowest BCUT2D eigenvalue weighted by Crippen LogP contribution is -2.28. The van der Waals surface area contributed by atoms with E-state index in [1.54, 1.807) is 0 Å². The minimum atomic E-state index is -0.594. The van der Waals surface area contributed by atoms with Crippen LogP contribution in [0.5, 0.6) is 0 Å². The Balaban J connectivity index is 1.10. The minimum Gasteiger partial charge on any atom is -0.455 e. The van der Waals surface area contributed by atoms with Crippen LogP contribution < -0.4 is 4.90 Å². The van der Waals surface area contributed by atoms with E-state index in [9.17, 15) is 0 Å². The zero-order valence-corrected chi connectivity index (χ0v) is 38.8. The molecule has 1 aliphatic rings. The van der Waals surface area contributed by atoms with Crippen molar-refractivity contribution < 1.29 is 4.42 Å².